The molecule has 1 saturated heterocycles. The van der Waals surface area contributed by atoms with Gasteiger partial charge in [0.1, 0.15) is 5.75 Å². The Hall–Kier alpha value is -1.79. The van der Waals surface area contributed by atoms with Crippen LogP contribution in [-0.4, -0.2) is 75.7 Å². The van der Waals surface area contributed by atoms with E-state index in [9.17, 15) is 0 Å². The molecule has 170 valence electrons. The fourth-order valence-electron chi connectivity index (χ4n) is 3.55. The van der Waals surface area contributed by atoms with E-state index in [2.05, 4.69) is 78.4 Å². The van der Waals surface area contributed by atoms with Crippen molar-refractivity contribution in [1.29, 1.82) is 0 Å². The van der Waals surface area contributed by atoms with Gasteiger partial charge in [0.25, 0.3) is 0 Å². The zero-order valence-electron chi connectivity index (χ0n) is 20.0. The molecule has 1 aliphatic rings. The van der Waals surface area contributed by atoms with Gasteiger partial charge in [-0.25, -0.2) is 0 Å². The monoisotopic (exact) mass is 417 g/mol. The molecule has 0 bridgehead atoms. The number of aliphatic imine (C=N–C) groups is 1. The summed E-state index contributed by atoms with van der Waals surface area (Å²) in [4.78, 5) is 9.36. The van der Waals surface area contributed by atoms with Crippen molar-refractivity contribution >= 4 is 5.96 Å². The van der Waals surface area contributed by atoms with Crippen LogP contribution in [0.1, 0.15) is 38.3 Å². The van der Waals surface area contributed by atoms with E-state index in [0.29, 0.717) is 18.4 Å². The molecule has 2 N–H and O–H groups in total. The molecule has 1 fully saturated rings. The smallest absolute Gasteiger partial charge is 0.191 e. The van der Waals surface area contributed by atoms with Crippen molar-refractivity contribution in [2.24, 2.45) is 16.8 Å². The van der Waals surface area contributed by atoms with Gasteiger partial charge in [-0.2, -0.15) is 0 Å². The summed E-state index contributed by atoms with van der Waals surface area (Å²) in [6.07, 6.45) is 1.06. The normalized spacial score (nSPS) is 17.2. The van der Waals surface area contributed by atoms with Crippen LogP contribution in [0.3, 0.4) is 0 Å². The SMILES string of the molecule is CN=C(NCc1ccc(C)cc1OCCC(C)C)NCC(C)CN1CCN(C)CC1. The van der Waals surface area contributed by atoms with E-state index in [-0.39, 0.29) is 0 Å². The molecular weight excluding hydrogens is 374 g/mol. The average Bonchev–Trinajstić information content (AvgIpc) is 2.71. The summed E-state index contributed by atoms with van der Waals surface area (Å²) in [6, 6.07) is 6.42. The summed E-state index contributed by atoms with van der Waals surface area (Å²) in [6.45, 7) is 17.0. The first kappa shape index (κ1) is 24.5. The average molecular weight is 418 g/mol. The molecular formula is C24H43N5O. The van der Waals surface area contributed by atoms with Gasteiger partial charge in [0.05, 0.1) is 6.61 Å². The van der Waals surface area contributed by atoms with E-state index in [0.717, 1.165) is 43.4 Å². The molecule has 1 atom stereocenters. The maximum absolute atomic E-state index is 6.08. The zero-order valence-corrected chi connectivity index (χ0v) is 20.0. The Balaban J connectivity index is 1.79. The molecule has 0 aromatic heterocycles. The highest BCUT2D eigenvalue weighted by atomic mass is 16.5. The molecule has 0 radical (unpaired) electrons. The molecule has 0 amide bonds. The molecule has 1 aromatic rings. The quantitative estimate of drug-likeness (QED) is 0.453. The lowest BCUT2D eigenvalue weighted by Crippen LogP contribution is -2.47. The number of rotatable bonds is 10. The zero-order chi connectivity index (χ0) is 21.9. The van der Waals surface area contributed by atoms with E-state index in [1.807, 2.05) is 7.05 Å². The number of hydrogen-bond donors (Lipinski definition) is 2. The van der Waals surface area contributed by atoms with Crippen molar-refractivity contribution in [1.82, 2.24) is 20.4 Å². The van der Waals surface area contributed by atoms with Gasteiger partial charge < -0.3 is 25.2 Å². The molecule has 1 unspecified atom stereocenters. The number of nitrogens with zero attached hydrogens (tertiary/aromatic N) is 3. The van der Waals surface area contributed by atoms with Crippen molar-refractivity contribution in [2.75, 3.05) is 60.0 Å². The number of likely N-dealkylation sites (N-methyl/N-ethyl adjacent to an activating group) is 1. The van der Waals surface area contributed by atoms with E-state index in [1.165, 1.54) is 31.7 Å². The lowest BCUT2D eigenvalue weighted by molar-refractivity contribution is 0.139. The van der Waals surface area contributed by atoms with Crippen molar-refractivity contribution in [3.05, 3.63) is 29.3 Å². The number of aryl methyl sites for hydroxylation is 1. The van der Waals surface area contributed by atoms with Gasteiger partial charge >= 0.3 is 0 Å². The third-order valence-corrected chi connectivity index (χ3v) is 5.63. The summed E-state index contributed by atoms with van der Waals surface area (Å²) in [5.74, 6) is 3.03. The Morgan fingerprint density at radius 2 is 1.87 bits per heavy atom. The number of benzene rings is 1. The van der Waals surface area contributed by atoms with Crippen molar-refractivity contribution in [3.8, 4) is 5.75 Å². The Morgan fingerprint density at radius 3 is 2.53 bits per heavy atom. The summed E-state index contributed by atoms with van der Waals surface area (Å²) in [5.41, 5.74) is 2.39. The van der Waals surface area contributed by atoms with Crippen LogP contribution < -0.4 is 15.4 Å². The predicted molar refractivity (Wildman–Crippen MR) is 127 cm³/mol. The lowest BCUT2D eigenvalue weighted by atomic mass is 10.1. The van der Waals surface area contributed by atoms with Crippen LogP contribution >= 0.6 is 0 Å². The van der Waals surface area contributed by atoms with Crippen molar-refractivity contribution in [2.45, 2.75) is 40.7 Å². The molecule has 1 heterocycles. The van der Waals surface area contributed by atoms with E-state index in [1.54, 1.807) is 0 Å². The highest BCUT2D eigenvalue weighted by Crippen LogP contribution is 2.21. The molecule has 1 aromatic carbocycles. The second-order valence-electron chi connectivity index (χ2n) is 9.16. The van der Waals surface area contributed by atoms with E-state index >= 15 is 0 Å². The van der Waals surface area contributed by atoms with Gasteiger partial charge in [-0.05, 0) is 43.9 Å². The highest BCUT2D eigenvalue weighted by Gasteiger charge is 2.16. The predicted octanol–water partition coefficient (Wildman–Crippen LogP) is 2.97. The Kier molecular flexibility index (Phi) is 10.4. The minimum Gasteiger partial charge on any atom is -0.493 e. The van der Waals surface area contributed by atoms with Crippen molar-refractivity contribution in [3.63, 3.8) is 0 Å². The minimum absolute atomic E-state index is 0.571. The van der Waals surface area contributed by atoms with Crippen LogP contribution in [0.4, 0.5) is 0 Å². The standard InChI is InChI=1S/C24H43N5O/c1-19(2)9-14-30-23-15-20(3)7-8-22(23)17-27-24(25-5)26-16-21(4)18-29-12-10-28(6)11-13-29/h7-8,15,19,21H,9-14,16-18H2,1-6H3,(H2,25,26,27). The Labute approximate surface area is 184 Å². The van der Waals surface area contributed by atoms with Crippen LogP contribution in [0.25, 0.3) is 0 Å². The van der Waals surface area contributed by atoms with E-state index < -0.39 is 0 Å². The van der Waals surface area contributed by atoms with Gasteiger partial charge in [0, 0.05) is 58.4 Å². The lowest BCUT2D eigenvalue weighted by Gasteiger charge is -2.34. The van der Waals surface area contributed by atoms with Gasteiger partial charge in [-0.15, -0.1) is 0 Å². The van der Waals surface area contributed by atoms with Crippen LogP contribution in [0.5, 0.6) is 5.75 Å². The van der Waals surface area contributed by atoms with Gasteiger partial charge in [0.2, 0.25) is 0 Å². The molecule has 6 nitrogen and oxygen atoms in total. The molecule has 0 saturated carbocycles. The fourth-order valence-corrected chi connectivity index (χ4v) is 3.55. The maximum atomic E-state index is 6.08. The second-order valence-corrected chi connectivity index (χ2v) is 9.16. The molecule has 0 spiro atoms. The van der Waals surface area contributed by atoms with Gasteiger partial charge in [-0.3, -0.25) is 4.99 Å². The van der Waals surface area contributed by atoms with Crippen LogP contribution in [0, 0.1) is 18.8 Å². The minimum atomic E-state index is 0.571. The maximum Gasteiger partial charge on any atom is 0.191 e. The van der Waals surface area contributed by atoms with E-state index in [4.69, 9.17) is 4.74 Å². The molecule has 0 aliphatic carbocycles. The Bertz CT molecular complexity index is 653. The number of ether oxygens (including phenoxy) is 1. The largest absolute Gasteiger partial charge is 0.493 e. The molecule has 2 rings (SSSR count). The summed E-state index contributed by atoms with van der Waals surface area (Å²) < 4.78 is 6.08. The molecule has 30 heavy (non-hydrogen) atoms. The molecule has 6 heteroatoms. The molecule has 1 aliphatic heterocycles. The number of hydrogen-bond acceptors (Lipinski definition) is 4. The first-order valence-electron chi connectivity index (χ1n) is 11.4. The first-order valence-corrected chi connectivity index (χ1v) is 11.4. The fraction of sp³-hybridized carbons (Fsp3) is 0.708. The van der Waals surface area contributed by atoms with Crippen molar-refractivity contribution < 1.29 is 4.74 Å². The number of piperazine rings is 1. The third-order valence-electron chi connectivity index (χ3n) is 5.63. The highest BCUT2D eigenvalue weighted by molar-refractivity contribution is 5.79. The summed E-state index contributed by atoms with van der Waals surface area (Å²) >= 11 is 0. The van der Waals surface area contributed by atoms with Crippen LogP contribution in [-0.2, 0) is 6.54 Å². The van der Waals surface area contributed by atoms with Gasteiger partial charge in [-0.1, -0.05) is 32.9 Å². The third kappa shape index (κ3) is 8.92. The van der Waals surface area contributed by atoms with Crippen LogP contribution in [0.15, 0.2) is 23.2 Å². The second kappa shape index (κ2) is 12.8. The first-order chi connectivity index (χ1) is 14.4. The Morgan fingerprint density at radius 1 is 1.13 bits per heavy atom. The number of nitrogens with one attached hydrogen (secondary N) is 2. The van der Waals surface area contributed by atoms with Gasteiger partial charge in [0.15, 0.2) is 5.96 Å². The topological polar surface area (TPSA) is 52.1 Å². The summed E-state index contributed by atoms with van der Waals surface area (Å²) in [5, 5.41) is 6.94. The van der Waals surface area contributed by atoms with Crippen LogP contribution in [0.2, 0.25) is 0 Å². The number of guanidine groups is 1. The summed E-state index contributed by atoms with van der Waals surface area (Å²) in [7, 11) is 4.03.